The third-order valence-corrected chi connectivity index (χ3v) is 3.18. The van der Waals surface area contributed by atoms with Gasteiger partial charge in [0.05, 0.1) is 12.7 Å². The molecule has 0 unspecified atom stereocenters. The Kier molecular flexibility index (Phi) is 3.17. The molecule has 0 saturated heterocycles. The summed E-state index contributed by atoms with van der Waals surface area (Å²) < 4.78 is 5.59. The van der Waals surface area contributed by atoms with Crippen LogP contribution in [0.3, 0.4) is 0 Å². The van der Waals surface area contributed by atoms with Crippen molar-refractivity contribution in [3.8, 4) is 0 Å². The zero-order chi connectivity index (χ0) is 11.7. The lowest BCUT2D eigenvalue weighted by Gasteiger charge is -2.07. The van der Waals surface area contributed by atoms with Gasteiger partial charge in [0.15, 0.2) is 0 Å². The van der Waals surface area contributed by atoms with Crippen molar-refractivity contribution in [3.05, 3.63) is 45.4 Å². The van der Waals surface area contributed by atoms with Crippen molar-refractivity contribution in [2.24, 2.45) is 0 Å². The highest BCUT2D eigenvalue weighted by atomic mass is 79.9. The molecule has 0 aliphatic heterocycles. The molecule has 82 valence electrons. The summed E-state index contributed by atoms with van der Waals surface area (Å²) in [6, 6.07) is 9.10. The van der Waals surface area contributed by atoms with Gasteiger partial charge in [-0.25, -0.2) is 4.79 Å². The van der Waals surface area contributed by atoms with E-state index in [4.69, 9.17) is 16.3 Å². The van der Waals surface area contributed by atoms with Crippen LogP contribution in [0.1, 0.15) is 10.4 Å². The van der Waals surface area contributed by atoms with E-state index in [1.54, 1.807) is 6.07 Å². The molecular weight excluding hydrogens is 291 g/mol. The Bertz CT molecular complexity index is 566. The van der Waals surface area contributed by atoms with E-state index in [1.807, 2.05) is 24.3 Å². The highest BCUT2D eigenvalue weighted by Gasteiger charge is 2.13. The molecule has 0 N–H and O–H groups in total. The Morgan fingerprint density at radius 1 is 1.38 bits per heavy atom. The SMILES string of the molecule is COC(=O)c1cc(Cl)cc2cccc(Br)c12. The molecular formula is C12H8BrClO2. The standard InChI is InChI=1S/C12H8BrClO2/c1-16-12(15)9-6-8(14)5-7-3-2-4-10(13)11(7)9/h2-6H,1H3. The van der Waals surface area contributed by atoms with Crippen molar-refractivity contribution in [1.82, 2.24) is 0 Å². The van der Waals surface area contributed by atoms with Gasteiger partial charge in [-0.3, -0.25) is 0 Å². The van der Waals surface area contributed by atoms with Crippen LogP contribution in [0.15, 0.2) is 34.8 Å². The number of rotatable bonds is 1. The summed E-state index contributed by atoms with van der Waals surface area (Å²) in [5.41, 5.74) is 0.470. The molecule has 0 radical (unpaired) electrons. The Morgan fingerprint density at radius 2 is 2.12 bits per heavy atom. The molecule has 0 aromatic heterocycles. The zero-order valence-corrected chi connectivity index (χ0v) is 10.8. The predicted molar refractivity (Wildman–Crippen MR) is 68.0 cm³/mol. The molecule has 0 heterocycles. The summed E-state index contributed by atoms with van der Waals surface area (Å²) in [6.07, 6.45) is 0. The van der Waals surface area contributed by atoms with E-state index >= 15 is 0 Å². The monoisotopic (exact) mass is 298 g/mol. The van der Waals surface area contributed by atoms with E-state index < -0.39 is 0 Å². The summed E-state index contributed by atoms with van der Waals surface area (Å²) in [4.78, 5) is 11.6. The lowest BCUT2D eigenvalue weighted by molar-refractivity contribution is 0.0603. The maximum atomic E-state index is 11.6. The van der Waals surface area contributed by atoms with Crippen LogP contribution in [0.2, 0.25) is 5.02 Å². The maximum Gasteiger partial charge on any atom is 0.338 e. The van der Waals surface area contributed by atoms with Gasteiger partial charge in [0, 0.05) is 14.9 Å². The number of halogens is 2. The fourth-order valence-corrected chi connectivity index (χ4v) is 2.44. The second-order valence-corrected chi connectivity index (χ2v) is 4.57. The van der Waals surface area contributed by atoms with Crippen LogP contribution in [-0.2, 0) is 4.74 Å². The smallest absolute Gasteiger partial charge is 0.338 e. The minimum Gasteiger partial charge on any atom is -0.465 e. The molecule has 2 rings (SSSR count). The van der Waals surface area contributed by atoms with Gasteiger partial charge in [0.25, 0.3) is 0 Å². The third kappa shape index (κ3) is 1.93. The first-order valence-corrected chi connectivity index (χ1v) is 5.76. The van der Waals surface area contributed by atoms with Crippen LogP contribution in [0.5, 0.6) is 0 Å². The number of methoxy groups -OCH3 is 1. The van der Waals surface area contributed by atoms with E-state index in [1.165, 1.54) is 7.11 Å². The second kappa shape index (κ2) is 4.44. The Labute approximate surface area is 106 Å². The number of fused-ring (bicyclic) bond motifs is 1. The first-order valence-electron chi connectivity index (χ1n) is 4.59. The van der Waals surface area contributed by atoms with E-state index in [-0.39, 0.29) is 5.97 Å². The number of benzene rings is 2. The average molecular weight is 300 g/mol. The summed E-state index contributed by atoms with van der Waals surface area (Å²) in [6.45, 7) is 0. The van der Waals surface area contributed by atoms with Gasteiger partial charge in [-0.1, -0.05) is 39.7 Å². The van der Waals surface area contributed by atoms with Crippen LogP contribution in [0.25, 0.3) is 10.8 Å². The number of hydrogen-bond acceptors (Lipinski definition) is 2. The van der Waals surface area contributed by atoms with E-state index in [2.05, 4.69) is 15.9 Å². The van der Waals surface area contributed by atoms with Gasteiger partial charge in [0.2, 0.25) is 0 Å². The average Bonchev–Trinajstić information content (AvgIpc) is 2.27. The van der Waals surface area contributed by atoms with Gasteiger partial charge in [-0.05, 0) is 23.6 Å². The van der Waals surface area contributed by atoms with Crippen molar-refractivity contribution in [2.45, 2.75) is 0 Å². The largest absolute Gasteiger partial charge is 0.465 e. The van der Waals surface area contributed by atoms with Gasteiger partial charge in [0.1, 0.15) is 0 Å². The molecule has 2 nitrogen and oxygen atoms in total. The molecule has 0 bridgehead atoms. The molecule has 16 heavy (non-hydrogen) atoms. The first-order chi connectivity index (χ1) is 7.63. The lowest BCUT2D eigenvalue weighted by Crippen LogP contribution is -2.02. The minimum atomic E-state index is -0.389. The molecule has 0 atom stereocenters. The van der Waals surface area contributed by atoms with E-state index in [0.717, 1.165) is 15.2 Å². The van der Waals surface area contributed by atoms with Crippen LogP contribution in [0.4, 0.5) is 0 Å². The normalized spacial score (nSPS) is 10.4. The van der Waals surface area contributed by atoms with Crippen molar-refractivity contribution in [3.63, 3.8) is 0 Å². The van der Waals surface area contributed by atoms with Gasteiger partial charge in [-0.2, -0.15) is 0 Å². The van der Waals surface area contributed by atoms with Crippen LogP contribution < -0.4 is 0 Å². The van der Waals surface area contributed by atoms with Crippen molar-refractivity contribution in [1.29, 1.82) is 0 Å². The highest BCUT2D eigenvalue weighted by molar-refractivity contribution is 9.10. The number of hydrogen-bond donors (Lipinski definition) is 0. The van der Waals surface area contributed by atoms with Crippen molar-refractivity contribution < 1.29 is 9.53 Å². The van der Waals surface area contributed by atoms with Gasteiger partial charge in [-0.15, -0.1) is 0 Å². The van der Waals surface area contributed by atoms with Crippen LogP contribution >= 0.6 is 27.5 Å². The highest BCUT2D eigenvalue weighted by Crippen LogP contribution is 2.30. The number of carbonyl (C=O) groups is 1. The minimum absolute atomic E-state index is 0.389. The topological polar surface area (TPSA) is 26.3 Å². The number of esters is 1. The molecule has 0 aliphatic rings. The molecule has 0 amide bonds. The molecule has 2 aromatic rings. The number of carbonyl (C=O) groups excluding carboxylic acids is 1. The fourth-order valence-electron chi connectivity index (χ4n) is 1.62. The third-order valence-electron chi connectivity index (χ3n) is 2.30. The van der Waals surface area contributed by atoms with E-state index in [0.29, 0.717) is 10.6 Å². The van der Waals surface area contributed by atoms with Gasteiger partial charge < -0.3 is 4.74 Å². The number of ether oxygens (including phenoxy) is 1. The molecule has 0 spiro atoms. The molecule has 2 aromatic carbocycles. The van der Waals surface area contributed by atoms with Gasteiger partial charge >= 0.3 is 5.97 Å². The Hall–Kier alpha value is -1.06. The molecule has 0 fully saturated rings. The van der Waals surface area contributed by atoms with Crippen LogP contribution in [-0.4, -0.2) is 13.1 Å². The van der Waals surface area contributed by atoms with Crippen molar-refractivity contribution >= 4 is 44.3 Å². The lowest BCUT2D eigenvalue weighted by atomic mass is 10.0. The second-order valence-electron chi connectivity index (χ2n) is 3.28. The molecule has 0 aliphatic carbocycles. The van der Waals surface area contributed by atoms with Crippen molar-refractivity contribution in [2.75, 3.05) is 7.11 Å². The van der Waals surface area contributed by atoms with E-state index in [9.17, 15) is 4.79 Å². The Balaban J connectivity index is 2.85. The summed E-state index contributed by atoms with van der Waals surface area (Å²) in [7, 11) is 1.35. The first kappa shape index (κ1) is 11.4. The predicted octanol–water partition coefficient (Wildman–Crippen LogP) is 4.04. The molecule has 4 heteroatoms. The quantitative estimate of drug-likeness (QED) is 0.743. The molecule has 0 saturated carbocycles. The summed E-state index contributed by atoms with van der Waals surface area (Å²) in [5, 5.41) is 2.24. The van der Waals surface area contributed by atoms with Crippen LogP contribution in [0, 0.1) is 0 Å². The maximum absolute atomic E-state index is 11.6. The zero-order valence-electron chi connectivity index (χ0n) is 8.46. The Morgan fingerprint density at radius 3 is 2.81 bits per heavy atom. The summed E-state index contributed by atoms with van der Waals surface area (Å²) in [5.74, 6) is -0.389. The fraction of sp³-hybridized carbons (Fsp3) is 0.0833. The summed E-state index contributed by atoms with van der Waals surface area (Å²) >= 11 is 9.37.